The van der Waals surface area contributed by atoms with E-state index in [1.165, 1.54) is 12.8 Å². The summed E-state index contributed by atoms with van der Waals surface area (Å²) in [6.07, 6.45) is 9.31. The van der Waals surface area contributed by atoms with Gasteiger partial charge in [-0.05, 0) is 31.4 Å². The molecule has 1 atom stereocenters. The standard InChI is InChI=1S/C17H23N5O/c1-2-10-22(9-1)17-15(4-3-6-20-17)23-14-5-11-21(12-14)13-16-18-7-8-19-16/h3-4,6-8,14H,1-2,5,9-13H2,(H,18,19). The molecule has 0 aliphatic carbocycles. The van der Waals surface area contributed by atoms with Crippen molar-refractivity contribution >= 4 is 5.82 Å². The number of aromatic nitrogens is 3. The molecule has 6 nitrogen and oxygen atoms in total. The van der Waals surface area contributed by atoms with Crippen LogP contribution in [0.5, 0.6) is 5.75 Å². The maximum Gasteiger partial charge on any atom is 0.171 e. The number of ether oxygens (including phenoxy) is 1. The molecule has 1 unspecified atom stereocenters. The third-order valence-corrected chi connectivity index (χ3v) is 4.61. The smallest absolute Gasteiger partial charge is 0.171 e. The zero-order valence-corrected chi connectivity index (χ0v) is 13.3. The summed E-state index contributed by atoms with van der Waals surface area (Å²) in [5, 5.41) is 0. The van der Waals surface area contributed by atoms with Crippen LogP contribution in [0.25, 0.3) is 0 Å². The van der Waals surface area contributed by atoms with E-state index in [9.17, 15) is 0 Å². The van der Waals surface area contributed by atoms with Gasteiger partial charge in [-0.3, -0.25) is 4.90 Å². The Morgan fingerprint density at radius 2 is 2.09 bits per heavy atom. The van der Waals surface area contributed by atoms with Gasteiger partial charge in [0.1, 0.15) is 11.9 Å². The van der Waals surface area contributed by atoms with Gasteiger partial charge >= 0.3 is 0 Å². The van der Waals surface area contributed by atoms with Crippen molar-refractivity contribution in [3.8, 4) is 5.75 Å². The largest absolute Gasteiger partial charge is 0.485 e. The van der Waals surface area contributed by atoms with Crippen LogP contribution in [0.1, 0.15) is 25.1 Å². The predicted molar refractivity (Wildman–Crippen MR) is 88.6 cm³/mol. The highest BCUT2D eigenvalue weighted by Crippen LogP contribution is 2.30. The quantitative estimate of drug-likeness (QED) is 0.915. The van der Waals surface area contributed by atoms with Crippen molar-refractivity contribution in [1.82, 2.24) is 19.9 Å². The van der Waals surface area contributed by atoms with Crippen LogP contribution < -0.4 is 9.64 Å². The molecule has 0 saturated carbocycles. The molecule has 2 aromatic rings. The minimum absolute atomic E-state index is 0.232. The van der Waals surface area contributed by atoms with Crippen molar-refractivity contribution in [2.24, 2.45) is 0 Å². The molecule has 0 bridgehead atoms. The van der Waals surface area contributed by atoms with Crippen LogP contribution in [0, 0.1) is 0 Å². The van der Waals surface area contributed by atoms with Crippen LogP contribution >= 0.6 is 0 Å². The molecule has 1 N–H and O–H groups in total. The Labute approximate surface area is 136 Å². The Morgan fingerprint density at radius 1 is 1.17 bits per heavy atom. The molecular formula is C17H23N5O. The molecule has 0 amide bonds. The van der Waals surface area contributed by atoms with E-state index in [0.29, 0.717) is 0 Å². The van der Waals surface area contributed by atoms with Crippen LogP contribution in [0.2, 0.25) is 0 Å². The first kappa shape index (κ1) is 14.5. The van der Waals surface area contributed by atoms with Crippen LogP contribution in [-0.4, -0.2) is 52.1 Å². The second-order valence-electron chi connectivity index (χ2n) is 6.32. The van der Waals surface area contributed by atoms with Gasteiger partial charge in [0.15, 0.2) is 11.6 Å². The van der Waals surface area contributed by atoms with Crippen molar-refractivity contribution in [3.05, 3.63) is 36.5 Å². The van der Waals surface area contributed by atoms with Gasteiger partial charge in [0.25, 0.3) is 0 Å². The zero-order chi connectivity index (χ0) is 15.5. The van der Waals surface area contributed by atoms with E-state index in [1.807, 2.05) is 18.5 Å². The van der Waals surface area contributed by atoms with Gasteiger partial charge in [0, 0.05) is 44.8 Å². The first-order chi connectivity index (χ1) is 11.4. The molecule has 23 heavy (non-hydrogen) atoms. The van der Waals surface area contributed by atoms with E-state index in [1.54, 1.807) is 6.20 Å². The van der Waals surface area contributed by atoms with Gasteiger partial charge in [-0.25, -0.2) is 9.97 Å². The summed E-state index contributed by atoms with van der Waals surface area (Å²) in [5.41, 5.74) is 0. The van der Waals surface area contributed by atoms with E-state index < -0.39 is 0 Å². The van der Waals surface area contributed by atoms with Crippen molar-refractivity contribution in [2.45, 2.75) is 31.9 Å². The normalized spacial score (nSPS) is 21.9. The lowest BCUT2D eigenvalue weighted by Crippen LogP contribution is -2.26. The fraction of sp³-hybridized carbons (Fsp3) is 0.529. The Hall–Kier alpha value is -2.08. The maximum absolute atomic E-state index is 6.29. The zero-order valence-electron chi connectivity index (χ0n) is 13.3. The van der Waals surface area contributed by atoms with E-state index in [2.05, 4.69) is 30.8 Å². The highest BCUT2D eigenvalue weighted by molar-refractivity contribution is 5.52. The maximum atomic E-state index is 6.29. The summed E-state index contributed by atoms with van der Waals surface area (Å²) in [6, 6.07) is 4.01. The summed E-state index contributed by atoms with van der Waals surface area (Å²) in [4.78, 5) is 16.7. The van der Waals surface area contributed by atoms with E-state index in [-0.39, 0.29) is 6.10 Å². The van der Waals surface area contributed by atoms with E-state index in [0.717, 1.165) is 56.5 Å². The third kappa shape index (κ3) is 3.32. The summed E-state index contributed by atoms with van der Waals surface area (Å²) in [7, 11) is 0. The Kier molecular flexibility index (Phi) is 4.15. The fourth-order valence-corrected chi connectivity index (χ4v) is 3.45. The number of aromatic amines is 1. The van der Waals surface area contributed by atoms with Crippen molar-refractivity contribution < 1.29 is 4.74 Å². The minimum Gasteiger partial charge on any atom is -0.485 e. The van der Waals surface area contributed by atoms with Gasteiger partial charge in [-0.2, -0.15) is 0 Å². The van der Waals surface area contributed by atoms with Crippen molar-refractivity contribution in [3.63, 3.8) is 0 Å². The Balaban J connectivity index is 1.39. The molecule has 2 aromatic heterocycles. The number of nitrogens with zero attached hydrogens (tertiary/aromatic N) is 4. The number of pyridine rings is 1. The van der Waals surface area contributed by atoms with Gasteiger partial charge in [-0.1, -0.05) is 0 Å². The SMILES string of the molecule is c1cnc(N2CCCC2)c(OC2CCN(Cc3ncc[nH]3)C2)c1. The molecule has 122 valence electrons. The molecule has 0 radical (unpaired) electrons. The number of hydrogen-bond acceptors (Lipinski definition) is 5. The first-order valence-corrected chi connectivity index (χ1v) is 8.46. The van der Waals surface area contributed by atoms with Crippen LogP contribution in [0.3, 0.4) is 0 Å². The lowest BCUT2D eigenvalue weighted by molar-refractivity contribution is 0.197. The monoisotopic (exact) mass is 313 g/mol. The predicted octanol–water partition coefficient (Wildman–Crippen LogP) is 2.06. The molecular weight excluding hydrogens is 290 g/mol. The van der Waals surface area contributed by atoms with Crippen LogP contribution in [0.4, 0.5) is 5.82 Å². The summed E-state index contributed by atoms with van der Waals surface area (Å²) < 4.78 is 6.29. The molecule has 2 aliphatic heterocycles. The second-order valence-corrected chi connectivity index (χ2v) is 6.32. The number of rotatable bonds is 5. The number of anilines is 1. The van der Waals surface area contributed by atoms with E-state index in [4.69, 9.17) is 4.74 Å². The summed E-state index contributed by atoms with van der Waals surface area (Å²) in [6.45, 7) is 5.02. The molecule has 2 saturated heterocycles. The van der Waals surface area contributed by atoms with Crippen molar-refractivity contribution in [1.29, 1.82) is 0 Å². The topological polar surface area (TPSA) is 57.3 Å². The third-order valence-electron chi connectivity index (χ3n) is 4.61. The van der Waals surface area contributed by atoms with Gasteiger partial charge in [0.2, 0.25) is 0 Å². The minimum atomic E-state index is 0.232. The lowest BCUT2D eigenvalue weighted by atomic mass is 10.3. The van der Waals surface area contributed by atoms with Crippen LogP contribution in [0.15, 0.2) is 30.7 Å². The molecule has 2 aliphatic rings. The number of imidazole rings is 1. The highest BCUT2D eigenvalue weighted by Gasteiger charge is 2.26. The molecule has 4 rings (SSSR count). The molecule has 2 fully saturated rings. The average Bonchev–Trinajstić information content (AvgIpc) is 3.31. The number of hydrogen-bond donors (Lipinski definition) is 1. The van der Waals surface area contributed by atoms with Crippen LogP contribution in [-0.2, 0) is 6.54 Å². The molecule has 0 aromatic carbocycles. The summed E-state index contributed by atoms with van der Waals surface area (Å²) in [5.74, 6) is 2.96. The Morgan fingerprint density at radius 3 is 2.91 bits per heavy atom. The number of likely N-dealkylation sites (tertiary alicyclic amines) is 1. The number of nitrogens with one attached hydrogen (secondary N) is 1. The second kappa shape index (κ2) is 6.58. The Bertz CT molecular complexity index is 624. The highest BCUT2D eigenvalue weighted by atomic mass is 16.5. The average molecular weight is 313 g/mol. The van der Waals surface area contributed by atoms with E-state index >= 15 is 0 Å². The first-order valence-electron chi connectivity index (χ1n) is 8.46. The van der Waals surface area contributed by atoms with Crippen molar-refractivity contribution in [2.75, 3.05) is 31.1 Å². The molecule has 0 spiro atoms. The van der Waals surface area contributed by atoms with Gasteiger partial charge in [-0.15, -0.1) is 0 Å². The molecule has 4 heterocycles. The lowest BCUT2D eigenvalue weighted by Gasteiger charge is -2.22. The van der Waals surface area contributed by atoms with Gasteiger partial charge in [0.05, 0.1) is 6.54 Å². The summed E-state index contributed by atoms with van der Waals surface area (Å²) >= 11 is 0. The van der Waals surface area contributed by atoms with Gasteiger partial charge < -0.3 is 14.6 Å². The fourth-order valence-electron chi connectivity index (χ4n) is 3.45. The number of H-pyrrole nitrogens is 1. The molecule has 6 heteroatoms.